The summed E-state index contributed by atoms with van der Waals surface area (Å²) in [6, 6.07) is 11.8. The van der Waals surface area contributed by atoms with Crippen LogP contribution in [0.25, 0.3) is 6.08 Å². The summed E-state index contributed by atoms with van der Waals surface area (Å²) in [7, 11) is 0. The number of ketones is 1. The van der Waals surface area contributed by atoms with E-state index in [0.717, 1.165) is 5.56 Å². The number of hydrogen-bond donors (Lipinski definition) is 0. The van der Waals surface area contributed by atoms with E-state index in [1.54, 1.807) is 36.4 Å². The lowest BCUT2D eigenvalue weighted by Crippen LogP contribution is -2.01. The fourth-order valence-corrected chi connectivity index (χ4v) is 2.34. The molecule has 3 rings (SSSR count). The second-order valence-corrected chi connectivity index (χ2v) is 5.18. The Hall–Kier alpha value is -2.59. The Morgan fingerprint density at radius 3 is 2.77 bits per heavy atom. The van der Waals surface area contributed by atoms with Crippen LogP contribution in [0.3, 0.4) is 0 Å². The zero-order chi connectivity index (χ0) is 15.7. The van der Waals surface area contributed by atoms with Crippen LogP contribution in [-0.4, -0.2) is 11.8 Å². The maximum atomic E-state index is 12.3. The number of halogens is 1. The summed E-state index contributed by atoms with van der Waals surface area (Å²) in [5.74, 6) is 0.264. The molecule has 2 aromatic rings. The molecule has 0 aliphatic carbocycles. The van der Waals surface area contributed by atoms with E-state index in [4.69, 9.17) is 21.1 Å². The highest BCUT2D eigenvalue weighted by atomic mass is 35.5. The molecule has 0 saturated carbocycles. The number of hydrogen-bond acceptors (Lipinski definition) is 4. The van der Waals surface area contributed by atoms with Crippen LogP contribution in [0.1, 0.15) is 22.8 Å². The Labute approximate surface area is 131 Å². The SMILES string of the molecule is CC(=O)Oc1ccc2c(c1)OC(=Cc1cccc(Cl)c1)C2=O. The van der Waals surface area contributed by atoms with Crippen LogP contribution in [0.2, 0.25) is 5.02 Å². The number of allylic oxidation sites excluding steroid dienone is 1. The molecule has 0 atom stereocenters. The third-order valence-electron chi connectivity index (χ3n) is 3.05. The zero-order valence-electron chi connectivity index (χ0n) is 11.6. The summed E-state index contributed by atoms with van der Waals surface area (Å²) >= 11 is 5.92. The van der Waals surface area contributed by atoms with E-state index in [0.29, 0.717) is 22.1 Å². The van der Waals surface area contributed by atoms with Gasteiger partial charge in [0.05, 0.1) is 5.56 Å². The Bertz CT molecular complexity index is 808. The Kier molecular flexibility index (Phi) is 3.69. The van der Waals surface area contributed by atoms with E-state index in [1.807, 2.05) is 6.07 Å². The molecule has 0 aromatic heterocycles. The highest BCUT2D eigenvalue weighted by Gasteiger charge is 2.27. The first kappa shape index (κ1) is 14.4. The van der Waals surface area contributed by atoms with Gasteiger partial charge in [-0.25, -0.2) is 0 Å². The van der Waals surface area contributed by atoms with Gasteiger partial charge in [0.25, 0.3) is 0 Å². The van der Waals surface area contributed by atoms with E-state index in [2.05, 4.69) is 0 Å². The van der Waals surface area contributed by atoms with Crippen molar-refractivity contribution in [3.63, 3.8) is 0 Å². The van der Waals surface area contributed by atoms with Crippen molar-refractivity contribution in [3.05, 3.63) is 64.4 Å². The smallest absolute Gasteiger partial charge is 0.308 e. The van der Waals surface area contributed by atoms with Crippen molar-refractivity contribution in [2.24, 2.45) is 0 Å². The molecule has 5 heteroatoms. The average Bonchev–Trinajstić information content (AvgIpc) is 2.74. The minimum absolute atomic E-state index is 0.206. The zero-order valence-corrected chi connectivity index (χ0v) is 12.4. The number of benzene rings is 2. The van der Waals surface area contributed by atoms with Gasteiger partial charge in [-0.15, -0.1) is 0 Å². The maximum absolute atomic E-state index is 12.3. The topological polar surface area (TPSA) is 52.6 Å². The van der Waals surface area contributed by atoms with Gasteiger partial charge in [0.1, 0.15) is 11.5 Å². The molecule has 2 aromatic carbocycles. The first-order chi connectivity index (χ1) is 10.5. The lowest BCUT2D eigenvalue weighted by Gasteiger charge is -2.02. The van der Waals surface area contributed by atoms with Gasteiger partial charge in [-0.05, 0) is 35.9 Å². The molecule has 0 N–H and O–H groups in total. The van der Waals surface area contributed by atoms with Gasteiger partial charge in [0.2, 0.25) is 5.78 Å². The molecule has 0 saturated heterocycles. The van der Waals surface area contributed by atoms with Gasteiger partial charge in [0, 0.05) is 18.0 Å². The van der Waals surface area contributed by atoms with Gasteiger partial charge in [-0.2, -0.15) is 0 Å². The fourth-order valence-electron chi connectivity index (χ4n) is 2.14. The molecule has 1 aliphatic heterocycles. The highest BCUT2D eigenvalue weighted by Crippen LogP contribution is 2.35. The van der Waals surface area contributed by atoms with Gasteiger partial charge >= 0.3 is 5.97 Å². The van der Waals surface area contributed by atoms with Crippen molar-refractivity contribution in [3.8, 4) is 11.5 Å². The minimum Gasteiger partial charge on any atom is -0.452 e. The highest BCUT2D eigenvalue weighted by molar-refractivity contribution is 6.30. The number of Topliss-reactive ketones (excluding diaryl/α,β-unsaturated/α-hetero) is 1. The Morgan fingerprint density at radius 1 is 1.23 bits per heavy atom. The number of carbonyl (C=O) groups excluding carboxylic acids is 2. The van der Waals surface area contributed by atoms with Crippen molar-refractivity contribution in [1.82, 2.24) is 0 Å². The lowest BCUT2D eigenvalue weighted by molar-refractivity contribution is -0.131. The monoisotopic (exact) mass is 314 g/mol. The van der Waals surface area contributed by atoms with Crippen molar-refractivity contribution in [2.75, 3.05) is 0 Å². The summed E-state index contributed by atoms with van der Waals surface area (Å²) in [6.07, 6.45) is 1.62. The molecule has 0 bridgehead atoms. The standard InChI is InChI=1S/C17H11ClO4/c1-10(19)21-13-5-6-14-15(9-13)22-16(17(14)20)8-11-3-2-4-12(18)7-11/h2-9H,1H3. The average molecular weight is 315 g/mol. The third kappa shape index (κ3) is 2.87. The summed E-state index contributed by atoms with van der Waals surface area (Å²) in [5, 5.41) is 0.578. The fraction of sp³-hybridized carbons (Fsp3) is 0.0588. The number of ether oxygens (including phenoxy) is 2. The summed E-state index contributed by atoms with van der Waals surface area (Å²) in [5.41, 5.74) is 1.20. The lowest BCUT2D eigenvalue weighted by atomic mass is 10.1. The molecule has 1 aliphatic rings. The van der Waals surface area contributed by atoms with E-state index in [9.17, 15) is 9.59 Å². The molecule has 110 valence electrons. The van der Waals surface area contributed by atoms with E-state index in [-0.39, 0.29) is 11.5 Å². The summed E-state index contributed by atoms with van der Waals surface area (Å²) in [6.45, 7) is 1.31. The van der Waals surface area contributed by atoms with E-state index < -0.39 is 5.97 Å². The predicted octanol–water partition coefficient (Wildman–Crippen LogP) is 3.88. The molecule has 0 radical (unpaired) electrons. The quantitative estimate of drug-likeness (QED) is 0.479. The molecule has 22 heavy (non-hydrogen) atoms. The Balaban J connectivity index is 1.92. The summed E-state index contributed by atoms with van der Waals surface area (Å²) < 4.78 is 10.5. The molecular formula is C17H11ClO4. The van der Waals surface area contributed by atoms with Gasteiger partial charge < -0.3 is 9.47 Å². The summed E-state index contributed by atoms with van der Waals surface area (Å²) in [4.78, 5) is 23.2. The predicted molar refractivity (Wildman–Crippen MR) is 82.1 cm³/mol. The van der Waals surface area contributed by atoms with Crippen LogP contribution >= 0.6 is 11.6 Å². The van der Waals surface area contributed by atoms with Crippen LogP contribution in [0.5, 0.6) is 11.5 Å². The molecule has 4 nitrogen and oxygen atoms in total. The van der Waals surface area contributed by atoms with Gasteiger partial charge in [0.15, 0.2) is 5.76 Å². The molecule has 0 unspecified atom stereocenters. The van der Waals surface area contributed by atoms with Crippen molar-refractivity contribution >= 4 is 29.4 Å². The first-order valence-electron chi connectivity index (χ1n) is 6.55. The normalized spacial score (nSPS) is 14.6. The number of rotatable bonds is 2. The van der Waals surface area contributed by atoms with Crippen LogP contribution in [0, 0.1) is 0 Å². The number of carbonyl (C=O) groups is 2. The maximum Gasteiger partial charge on any atom is 0.308 e. The second-order valence-electron chi connectivity index (χ2n) is 4.75. The first-order valence-corrected chi connectivity index (χ1v) is 6.93. The van der Waals surface area contributed by atoms with Crippen LogP contribution in [0.4, 0.5) is 0 Å². The number of esters is 1. The van der Waals surface area contributed by atoms with Gasteiger partial charge in [-0.3, -0.25) is 9.59 Å². The molecule has 0 fully saturated rings. The van der Waals surface area contributed by atoms with E-state index >= 15 is 0 Å². The molecular weight excluding hydrogens is 304 g/mol. The van der Waals surface area contributed by atoms with Crippen molar-refractivity contribution in [1.29, 1.82) is 0 Å². The van der Waals surface area contributed by atoms with E-state index in [1.165, 1.54) is 13.0 Å². The van der Waals surface area contributed by atoms with Crippen LogP contribution in [0.15, 0.2) is 48.2 Å². The van der Waals surface area contributed by atoms with Crippen LogP contribution < -0.4 is 9.47 Å². The molecule has 1 heterocycles. The number of fused-ring (bicyclic) bond motifs is 1. The van der Waals surface area contributed by atoms with Crippen molar-refractivity contribution in [2.45, 2.75) is 6.92 Å². The molecule has 0 spiro atoms. The second kappa shape index (κ2) is 5.66. The van der Waals surface area contributed by atoms with Crippen molar-refractivity contribution < 1.29 is 19.1 Å². The largest absolute Gasteiger partial charge is 0.452 e. The third-order valence-corrected chi connectivity index (χ3v) is 3.28. The van der Waals surface area contributed by atoms with Gasteiger partial charge in [-0.1, -0.05) is 23.7 Å². The minimum atomic E-state index is -0.432. The molecule has 0 amide bonds. The Morgan fingerprint density at radius 2 is 2.05 bits per heavy atom. The van der Waals surface area contributed by atoms with Crippen LogP contribution in [-0.2, 0) is 4.79 Å².